The number of ether oxygens (including phenoxy) is 1. The third-order valence-corrected chi connectivity index (χ3v) is 2.79. The van der Waals surface area contributed by atoms with E-state index in [1.54, 1.807) is 6.07 Å². The normalized spacial score (nSPS) is 10.5. The SMILES string of the molecule is NCc1cc(F)ccc1Oc1ccc(CCO)cc1. The minimum Gasteiger partial charge on any atom is -0.457 e. The molecule has 2 rings (SSSR count). The van der Waals surface area contributed by atoms with Crippen molar-refractivity contribution in [2.45, 2.75) is 13.0 Å². The average Bonchev–Trinajstić information content (AvgIpc) is 2.43. The van der Waals surface area contributed by atoms with E-state index in [9.17, 15) is 4.39 Å². The molecule has 0 spiro atoms. The number of halogens is 1. The molecule has 100 valence electrons. The second-order valence-electron chi connectivity index (χ2n) is 4.18. The van der Waals surface area contributed by atoms with Gasteiger partial charge in [-0.15, -0.1) is 0 Å². The van der Waals surface area contributed by atoms with Gasteiger partial charge >= 0.3 is 0 Å². The standard InChI is InChI=1S/C15H16FNO2/c16-13-3-6-15(12(9-13)10-17)19-14-4-1-11(2-5-14)7-8-18/h1-6,9,18H,7-8,10,17H2. The Kier molecular flexibility index (Phi) is 4.49. The summed E-state index contributed by atoms with van der Waals surface area (Å²) in [5.74, 6) is 0.882. The van der Waals surface area contributed by atoms with Crippen LogP contribution in [0.4, 0.5) is 4.39 Å². The summed E-state index contributed by atoms with van der Waals surface area (Å²) < 4.78 is 18.8. The van der Waals surface area contributed by atoms with Crippen LogP contribution >= 0.6 is 0 Å². The fraction of sp³-hybridized carbons (Fsp3) is 0.200. The molecule has 19 heavy (non-hydrogen) atoms. The number of hydrogen-bond donors (Lipinski definition) is 2. The Labute approximate surface area is 111 Å². The summed E-state index contributed by atoms with van der Waals surface area (Å²) in [6.07, 6.45) is 0.616. The Bertz CT molecular complexity index is 540. The highest BCUT2D eigenvalue weighted by atomic mass is 19.1. The molecule has 2 aromatic rings. The lowest BCUT2D eigenvalue weighted by Gasteiger charge is -2.10. The number of aliphatic hydroxyl groups excluding tert-OH is 1. The molecule has 0 aromatic heterocycles. The highest BCUT2D eigenvalue weighted by Crippen LogP contribution is 2.26. The van der Waals surface area contributed by atoms with Gasteiger partial charge in [0.15, 0.2) is 0 Å². The predicted octanol–water partition coefficient (Wildman–Crippen LogP) is 2.61. The lowest BCUT2D eigenvalue weighted by molar-refractivity contribution is 0.299. The molecule has 3 N–H and O–H groups in total. The van der Waals surface area contributed by atoms with Gasteiger partial charge in [0.2, 0.25) is 0 Å². The van der Waals surface area contributed by atoms with Crippen LogP contribution in [0.5, 0.6) is 11.5 Å². The van der Waals surface area contributed by atoms with Gasteiger partial charge in [0.1, 0.15) is 17.3 Å². The molecule has 0 heterocycles. The maximum Gasteiger partial charge on any atom is 0.132 e. The highest BCUT2D eigenvalue weighted by molar-refractivity contribution is 5.38. The first-order valence-corrected chi connectivity index (χ1v) is 6.09. The van der Waals surface area contributed by atoms with Crippen molar-refractivity contribution in [3.05, 3.63) is 59.4 Å². The van der Waals surface area contributed by atoms with Gasteiger partial charge < -0.3 is 15.6 Å². The molecule has 0 bridgehead atoms. The van der Waals surface area contributed by atoms with E-state index in [1.165, 1.54) is 12.1 Å². The monoisotopic (exact) mass is 261 g/mol. The van der Waals surface area contributed by atoms with E-state index >= 15 is 0 Å². The van der Waals surface area contributed by atoms with Crippen molar-refractivity contribution in [1.29, 1.82) is 0 Å². The van der Waals surface area contributed by atoms with Crippen LogP contribution < -0.4 is 10.5 Å². The van der Waals surface area contributed by atoms with Gasteiger partial charge in [0, 0.05) is 18.7 Å². The minimum absolute atomic E-state index is 0.121. The Balaban J connectivity index is 2.16. The first-order chi connectivity index (χ1) is 9.22. The maximum atomic E-state index is 13.1. The Morgan fingerprint density at radius 2 is 1.84 bits per heavy atom. The molecule has 0 aliphatic heterocycles. The number of nitrogens with two attached hydrogens (primary N) is 1. The summed E-state index contributed by atoms with van der Waals surface area (Å²) in [5, 5.41) is 8.84. The van der Waals surface area contributed by atoms with Gasteiger partial charge in [-0.1, -0.05) is 12.1 Å². The van der Waals surface area contributed by atoms with Gasteiger partial charge in [0.05, 0.1) is 0 Å². The zero-order valence-corrected chi connectivity index (χ0v) is 10.5. The van der Waals surface area contributed by atoms with Gasteiger partial charge in [-0.05, 0) is 42.3 Å². The van der Waals surface area contributed by atoms with Crippen molar-refractivity contribution >= 4 is 0 Å². The second kappa shape index (κ2) is 6.31. The molecular weight excluding hydrogens is 245 g/mol. The van der Waals surface area contributed by atoms with Crippen molar-refractivity contribution in [2.75, 3.05) is 6.61 Å². The van der Waals surface area contributed by atoms with E-state index in [1.807, 2.05) is 24.3 Å². The van der Waals surface area contributed by atoms with Gasteiger partial charge in [-0.3, -0.25) is 0 Å². The lowest BCUT2D eigenvalue weighted by atomic mass is 10.1. The molecule has 2 aromatic carbocycles. The zero-order chi connectivity index (χ0) is 13.7. The quantitative estimate of drug-likeness (QED) is 0.869. The number of benzene rings is 2. The maximum absolute atomic E-state index is 13.1. The van der Waals surface area contributed by atoms with Crippen LogP contribution in [-0.2, 0) is 13.0 Å². The van der Waals surface area contributed by atoms with E-state index in [4.69, 9.17) is 15.6 Å². The number of hydrogen-bond acceptors (Lipinski definition) is 3. The third kappa shape index (κ3) is 3.53. The largest absolute Gasteiger partial charge is 0.457 e. The van der Waals surface area contributed by atoms with Crippen LogP contribution in [0.3, 0.4) is 0 Å². The molecule has 0 aliphatic rings. The molecule has 0 radical (unpaired) electrons. The van der Waals surface area contributed by atoms with Gasteiger partial charge in [0.25, 0.3) is 0 Å². The molecule has 0 saturated heterocycles. The molecule has 0 atom stereocenters. The molecule has 0 aliphatic carbocycles. The van der Waals surface area contributed by atoms with E-state index in [-0.39, 0.29) is 19.0 Å². The zero-order valence-electron chi connectivity index (χ0n) is 10.5. The molecule has 0 unspecified atom stereocenters. The number of rotatable bonds is 5. The van der Waals surface area contributed by atoms with Crippen LogP contribution in [0.1, 0.15) is 11.1 Å². The molecule has 0 amide bonds. The predicted molar refractivity (Wildman–Crippen MR) is 71.6 cm³/mol. The van der Waals surface area contributed by atoms with Crippen molar-refractivity contribution in [3.63, 3.8) is 0 Å². The summed E-state index contributed by atoms with van der Waals surface area (Å²) in [5.41, 5.74) is 7.22. The smallest absolute Gasteiger partial charge is 0.132 e. The van der Waals surface area contributed by atoms with Crippen molar-refractivity contribution < 1.29 is 14.2 Å². The molecule has 0 saturated carbocycles. The molecular formula is C15H16FNO2. The molecule has 4 heteroatoms. The lowest BCUT2D eigenvalue weighted by Crippen LogP contribution is -2.00. The Hall–Kier alpha value is -1.91. The van der Waals surface area contributed by atoms with Gasteiger partial charge in [-0.25, -0.2) is 4.39 Å². The highest BCUT2D eigenvalue weighted by Gasteiger charge is 2.05. The van der Waals surface area contributed by atoms with Crippen LogP contribution in [0.2, 0.25) is 0 Å². The van der Waals surface area contributed by atoms with Crippen LogP contribution in [-0.4, -0.2) is 11.7 Å². The first kappa shape index (κ1) is 13.5. The van der Waals surface area contributed by atoms with Crippen LogP contribution in [0, 0.1) is 5.82 Å². The Morgan fingerprint density at radius 3 is 2.47 bits per heavy atom. The summed E-state index contributed by atoms with van der Waals surface area (Å²) >= 11 is 0. The van der Waals surface area contributed by atoms with Crippen molar-refractivity contribution in [3.8, 4) is 11.5 Å². The summed E-state index contributed by atoms with van der Waals surface area (Å²) in [6.45, 7) is 0.338. The van der Waals surface area contributed by atoms with Crippen LogP contribution in [0.15, 0.2) is 42.5 Å². The average molecular weight is 261 g/mol. The van der Waals surface area contributed by atoms with E-state index in [0.717, 1.165) is 5.56 Å². The Morgan fingerprint density at radius 1 is 1.11 bits per heavy atom. The summed E-state index contributed by atoms with van der Waals surface area (Å²) in [6, 6.07) is 11.7. The number of aliphatic hydroxyl groups is 1. The van der Waals surface area contributed by atoms with E-state index in [0.29, 0.717) is 23.5 Å². The minimum atomic E-state index is -0.328. The fourth-order valence-corrected chi connectivity index (χ4v) is 1.79. The van der Waals surface area contributed by atoms with Crippen LogP contribution in [0.25, 0.3) is 0 Å². The summed E-state index contributed by atoms with van der Waals surface area (Å²) in [7, 11) is 0. The van der Waals surface area contributed by atoms with Crippen molar-refractivity contribution in [2.24, 2.45) is 5.73 Å². The van der Waals surface area contributed by atoms with E-state index in [2.05, 4.69) is 0 Å². The van der Waals surface area contributed by atoms with Gasteiger partial charge in [-0.2, -0.15) is 0 Å². The van der Waals surface area contributed by atoms with E-state index < -0.39 is 0 Å². The molecule has 0 fully saturated rings. The van der Waals surface area contributed by atoms with Crippen molar-refractivity contribution in [1.82, 2.24) is 0 Å². The second-order valence-corrected chi connectivity index (χ2v) is 4.18. The first-order valence-electron chi connectivity index (χ1n) is 6.09. The molecule has 3 nitrogen and oxygen atoms in total. The third-order valence-electron chi connectivity index (χ3n) is 2.79. The summed E-state index contributed by atoms with van der Waals surface area (Å²) in [4.78, 5) is 0. The fourth-order valence-electron chi connectivity index (χ4n) is 1.79. The topological polar surface area (TPSA) is 55.5 Å².